The van der Waals surface area contributed by atoms with Gasteiger partial charge in [-0.2, -0.15) is 0 Å². The van der Waals surface area contributed by atoms with Gasteiger partial charge in [0.15, 0.2) is 0 Å². The van der Waals surface area contributed by atoms with Crippen LogP contribution in [0.1, 0.15) is 5.82 Å². The topological polar surface area (TPSA) is 43.8 Å². The summed E-state index contributed by atoms with van der Waals surface area (Å²) in [6.07, 6.45) is 3.84. The summed E-state index contributed by atoms with van der Waals surface area (Å²) in [5.74, 6) is 2.07. The van der Waals surface area contributed by atoms with Crippen molar-refractivity contribution in [1.82, 2.24) is 9.55 Å². The molecule has 0 atom stereocenters. The van der Waals surface area contributed by atoms with Gasteiger partial charge in [0.05, 0.1) is 0 Å². The molecule has 17 heavy (non-hydrogen) atoms. The average Bonchev–Trinajstić information content (AvgIpc) is 2.68. The molecule has 0 bridgehead atoms. The largest absolute Gasteiger partial charge is 0.399 e. The van der Waals surface area contributed by atoms with Crippen LogP contribution in [0, 0.1) is 6.92 Å². The van der Waals surface area contributed by atoms with Gasteiger partial charge in [0, 0.05) is 39.7 Å². The molecule has 0 aliphatic rings. The third-order valence-corrected chi connectivity index (χ3v) is 4.44. The molecule has 1 aromatic carbocycles. The molecular formula is C12H14BrN3S. The van der Waals surface area contributed by atoms with Crippen molar-refractivity contribution in [3.8, 4) is 0 Å². The molecular weight excluding hydrogens is 298 g/mol. The second-order valence-corrected chi connectivity index (χ2v) is 5.70. The highest BCUT2D eigenvalue weighted by molar-refractivity contribution is 9.10. The lowest BCUT2D eigenvalue weighted by atomic mass is 10.3. The Labute approximate surface area is 114 Å². The third-order valence-electron chi connectivity index (χ3n) is 2.47. The van der Waals surface area contributed by atoms with E-state index in [0.29, 0.717) is 0 Å². The van der Waals surface area contributed by atoms with Crippen LogP contribution < -0.4 is 5.73 Å². The Kier molecular flexibility index (Phi) is 4.12. The van der Waals surface area contributed by atoms with Crippen LogP contribution in [0.25, 0.3) is 0 Å². The van der Waals surface area contributed by atoms with E-state index in [1.165, 1.54) is 4.90 Å². The van der Waals surface area contributed by atoms with Gasteiger partial charge >= 0.3 is 0 Å². The SMILES string of the molecule is Cc1nccn1CCSc1ccc(N)cc1Br. The molecule has 2 rings (SSSR count). The van der Waals surface area contributed by atoms with Gasteiger partial charge in [-0.05, 0) is 41.1 Å². The summed E-state index contributed by atoms with van der Waals surface area (Å²) in [6, 6.07) is 5.91. The van der Waals surface area contributed by atoms with Gasteiger partial charge < -0.3 is 10.3 Å². The predicted molar refractivity (Wildman–Crippen MR) is 76.2 cm³/mol. The summed E-state index contributed by atoms with van der Waals surface area (Å²) in [5, 5.41) is 0. The highest BCUT2D eigenvalue weighted by Crippen LogP contribution is 2.29. The highest BCUT2D eigenvalue weighted by atomic mass is 79.9. The minimum Gasteiger partial charge on any atom is -0.399 e. The van der Waals surface area contributed by atoms with Gasteiger partial charge in [-0.25, -0.2) is 4.98 Å². The number of nitrogens with zero attached hydrogens (tertiary/aromatic N) is 2. The molecule has 0 fully saturated rings. The fourth-order valence-electron chi connectivity index (χ4n) is 1.53. The predicted octanol–water partition coefficient (Wildman–Crippen LogP) is 3.33. The number of nitrogens with two attached hydrogens (primary N) is 1. The standard InChI is InChI=1S/C12H14BrN3S/c1-9-15-4-5-16(9)6-7-17-12-3-2-10(14)8-11(12)13/h2-5,8H,6-7,14H2,1H3. The molecule has 0 aliphatic carbocycles. The van der Waals surface area contributed by atoms with Crippen molar-refractivity contribution < 1.29 is 0 Å². The fraction of sp³-hybridized carbons (Fsp3) is 0.250. The van der Waals surface area contributed by atoms with Gasteiger partial charge in [-0.1, -0.05) is 0 Å². The van der Waals surface area contributed by atoms with Gasteiger partial charge in [-0.15, -0.1) is 11.8 Å². The average molecular weight is 312 g/mol. The zero-order chi connectivity index (χ0) is 12.3. The second-order valence-electron chi connectivity index (χ2n) is 3.71. The first-order valence-electron chi connectivity index (χ1n) is 5.32. The highest BCUT2D eigenvalue weighted by Gasteiger charge is 2.02. The summed E-state index contributed by atoms with van der Waals surface area (Å²) in [5.41, 5.74) is 6.49. The van der Waals surface area contributed by atoms with Crippen LogP contribution in [0.5, 0.6) is 0 Å². The van der Waals surface area contributed by atoms with Crippen molar-refractivity contribution >= 4 is 33.4 Å². The maximum atomic E-state index is 5.70. The Morgan fingerprint density at radius 3 is 2.94 bits per heavy atom. The first-order valence-corrected chi connectivity index (χ1v) is 7.10. The molecule has 90 valence electrons. The van der Waals surface area contributed by atoms with E-state index in [4.69, 9.17) is 5.73 Å². The van der Waals surface area contributed by atoms with E-state index < -0.39 is 0 Å². The Morgan fingerprint density at radius 1 is 1.47 bits per heavy atom. The summed E-state index contributed by atoms with van der Waals surface area (Å²) in [6.45, 7) is 2.98. The number of nitrogen functional groups attached to an aromatic ring is 1. The molecule has 0 radical (unpaired) electrons. The van der Waals surface area contributed by atoms with Crippen molar-refractivity contribution in [3.05, 3.63) is 40.9 Å². The van der Waals surface area contributed by atoms with Gasteiger partial charge in [-0.3, -0.25) is 0 Å². The molecule has 0 spiro atoms. The molecule has 0 aliphatic heterocycles. The van der Waals surface area contributed by atoms with E-state index in [1.807, 2.05) is 49.3 Å². The number of aryl methyl sites for hydroxylation is 2. The van der Waals surface area contributed by atoms with Crippen LogP contribution in [0.2, 0.25) is 0 Å². The van der Waals surface area contributed by atoms with E-state index in [-0.39, 0.29) is 0 Å². The Hall–Kier alpha value is -0.940. The van der Waals surface area contributed by atoms with E-state index in [9.17, 15) is 0 Å². The number of benzene rings is 1. The van der Waals surface area contributed by atoms with E-state index in [0.717, 1.165) is 28.3 Å². The maximum Gasteiger partial charge on any atom is 0.105 e. The minimum atomic E-state index is 0.784. The number of imidazole rings is 1. The molecule has 0 amide bonds. The van der Waals surface area contributed by atoms with E-state index in [1.54, 1.807) is 0 Å². The molecule has 0 unspecified atom stereocenters. The van der Waals surface area contributed by atoms with Crippen LogP contribution >= 0.6 is 27.7 Å². The normalized spacial score (nSPS) is 10.7. The van der Waals surface area contributed by atoms with Crippen LogP contribution in [0.3, 0.4) is 0 Å². The summed E-state index contributed by atoms with van der Waals surface area (Å²) in [7, 11) is 0. The lowest BCUT2D eigenvalue weighted by Gasteiger charge is -2.07. The van der Waals surface area contributed by atoms with Gasteiger partial charge in [0.25, 0.3) is 0 Å². The van der Waals surface area contributed by atoms with Crippen molar-refractivity contribution in [1.29, 1.82) is 0 Å². The van der Waals surface area contributed by atoms with Crippen molar-refractivity contribution in [2.75, 3.05) is 11.5 Å². The summed E-state index contributed by atoms with van der Waals surface area (Å²) < 4.78 is 3.21. The Morgan fingerprint density at radius 2 is 2.29 bits per heavy atom. The molecule has 5 heteroatoms. The molecule has 2 N–H and O–H groups in total. The summed E-state index contributed by atoms with van der Waals surface area (Å²) >= 11 is 5.33. The maximum absolute atomic E-state index is 5.70. The van der Waals surface area contributed by atoms with Crippen molar-refractivity contribution in [3.63, 3.8) is 0 Å². The van der Waals surface area contributed by atoms with Gasteiger partial charge in [0.1, 0.15) is 5.82 Å². The van der Waals surface area contributed by atoms with E-state index >= 15 is 0 Å². The third kappa shape index (κ3) is 3.26. The quantitative estimate of drug-likeness (QED) is 0.696. The molecule has 0 saturated heterocycles. The van der Waals surface area contributed by atoms with E-state index in [2.05, 4.69) is 25.5 Å². The molecule has 2 aromatic rings. The number of thioether (sulfide) groups is 1. The van der Waals surface area contributed by atoms with Gasteiger partial charge in [0.2, 0.25) is 0 Å². The van der Waals surface area contributed by atoms with Crippen LogP contribution in [0.15, 0.2) is 40.0 Å². The smallest absolute Gasteiger partial charge is 0.105 e. The molecule has 3 nitrogen and oxygen atoms in total. The molecule has 1 heterocycles. The number of anilines is 1. The van der Waals surface area contributed by atoms with Crippen LogP contribution in [-0.4, -0.2) is 15.3 Å². The number of halogens is 1. The van der Waals surface area contributed by atoms with Crippen molar-refractivity contribution in [2.24, 2.45) is 0 Å². The lowest BCUT2D eigenvalue weighted by Crippen LogP contribution is -2.01. The lowest BCUT2D eigenvalue weighted by molar-refractivity contribution is 0.738. The Bertz CT molecular complexity index is 510. The van der Waals surface area contributed by atoms with Crippen molar-refractivity contribution in [2.45, 2.75) is 18.4 Å². The Balaban J connectivity index is 1.92. The number of hydrogen-bond donors (Lipinski definition) is 1. The first kappa shape index (κ1) is 12.5. The van der Waals surface area contributed by atoms with Crippen LogP contribution in [-0.2, 0) is 6.54 Å². The zero-order valence-electron chi connectivity index (χ0n) is 9.56. The fourth-order valence-corrected chi connectivity index (χ4v) is 3.14. The minimum absolute atomic E-state index is 0.784. The molecule has 1 aromatic heterocycles. The van der Waals surface area contributed by atoms with Crippen LogP contribution in [0.4, 0.5) is 5.69 Å². The zero-order valence-corrected chi connectivity index (χ0v) is 12.0. The first-order chi connectivity index (χ1) is 8.16. The number of aromatic nitrogens is 2. The summed E-state index contributed by atoms with van der Waals surface area (Å²) in [4.78, 5) is 5.42. The molecule has 0 saturated carbocycles. The second kappa shape index (κ2) is 5.60. The number of rotatable bonds is 4. The monoisotopic (exact) mass is 311 g/mol. The number of hydrogen-bond acceptors (Lipinski definition) is 3.